The van der Waals surface area contributed by atoms with Gasteiger partial charge in [-0.25, -0.2) is 4.39 Å². The predicted octanol–water partition coefficient (Wildman–Crippen LogP) is 1.19. The molecular formula is C16H26FN3O2. The van der Waals surface area contributed by atoms with Crippen LogP contribution in [0.4, 0.5) is 10.1 Å². The molecule has 0 aromatic heterocycles. The number of nitrogens with one attached hydrogen (secondary N) is 1. The molecule has 2 rings (SSSR count). The van der Waals surface area contributed by atoms with Crippen molar-refractivity contribution in [2.24, 2.45) is 0 Å². The Morgan fingerprint density at radius 1 is 1.18 bits per heavy atom. The first kappa shape index (κ1) is 17.0. The van der Waals surface area contributed by atoms with Crippen LogP contribution in [0.2, 0.25) is 0 Å². The Bertz CT molecular complexity index is 451. The Balaban J connectivity index is 1.87. The highest BCUT2D eigenvalue weighted by Crippen LogP contribution is 2.25. The van der Waals surface area contributed by atoms with Crippen LogP contribution in [0, 0.1) is 5.82 Å². The van der Waals surface area contributed by atoms with Gasteiger partial charge < -0.3 is 19.7 Å². The number of anilines is 1. The lowest BCUT2D eigenvalue weighted by Crippen LogP contribution is -2.48. The molecule has 5 nitrogen and oxygen atoms in total. The molecule has 0 bridgehead atoms. The lowest BCUT2D eigenvalue weighted by atomic mass is 10.2. The molecular weight excluding hydrogens is 285 g/mol. The van der Waals surface area contributed by atoms with Crippen LogP contribution in [0.25, 0.3) is 0 Å². The van der Waals surface area contributed by atoms with Crippen molar-refractivity contribution in [3.8, 4) is 5.75 Å². The van der Waals surface area contributed by atoms with Crippen LogP contribution in [0.1, 0.15) is 0 Å². The van der Waals surface area contributed by atoms with Gasteiger partial charge in [-0.2, -0.15) is 0 Å². The third-order valence-corrected chi connectivity index (χ3v) is 3.87. The number of halogens is 1. The van der Waals surface area contributed by atoms with Crippen molar-refractivity contribution in [1.82, 2.24) is 10.2 Å². The Labute approximate surface area is 132 Å². The van der Waals surface area contributed by atoms with Gasteiger partial charge in [0, 0.05) is 52.4 Å². The van der Waals surface area contributed by atoms with E-state index in [0.29, 0.717) is 24.7 Å². The maximum Gasteiger partial charge on any atom is 0.150 e. The van der Waals surface area contributed by atoms with E-state index in [1.807, 2.05) is 13.1 Å². The van der Waals surface area contributed by atoms with Crippen molar-refractivity contribution >= 4 is 5.69 Å². The summed E-state index contributed by atoms with van der Waals surface area (Å²) >= 11 is 0. The smallest absolute Gasteiger partial charge is 0.150 e. The molecule has 1 aromatic rings. The molecule has 1 aliphatic heterocycles. The summed E-state index contributed by atoms with van der Waals surface area (Å²) in [5.41, 5.74) is 0.660. The summed E-state index contributed by atoms with van der Waals surface area (Å²) in [6, 6.07) is 5.08. The molecule has 1 aromatic carbocycles. The summed E-state index contributed by atoms with van der Waals surface area (Å²) in [6.45, 7) is 6.59. The predicted molar refractivity (Wildman–Crippen MR) is 86.4 cm³/mol. The minimum Gasteiger partial charge on any atom is -0.491 e. The number of hydrogen-bond donors (Lipinski definition) is 1. The van der Waals surface area contributed by atoms with E-state index in [9.17, 15) is 4.39 Å². The molecule has 0 atom stereocenters. The molecule has 6 heteroatoms. The van der Waals surface area contributed by atoms with Gasteiger partial charge in [0.2, 0.25) is 0 Å². The first-order valence-corrected chi connectivity index (χ1v) is 7.78. The van der Waals surface area contributed by atoms with Gasteiger partial charge in [-0.15, -0.1) is 0 Å². The van der Waals surface area contributed by atoms with Crippen molar-refractivity contribution in [3.05, 3.63) is 24.0 Å². The molecule has 0 amide bonds. The molecule has 124 valence electrons. The number of likely N-dealkylation sites (N-methyl/N-ethyl adjacent to an activating group) is 1. The first-order valence-electron chi connectivity index (χ1n) is 7.78. The van der Waals surface area contributed by atoms with Crippen molar-refractivity contribution in [2.45, 2.75) is 0 Å². The standard InChI is InChI=1S/C16H26FN3O2/c1-18-5-6-19-7-9-20(10-8-19)16-4-3-14(13-15(16)17)22-12-11-21-2/h3-4,13,18H,5-12H2,1-2H3. The number of benzene rings is 1. The highest BCUT2D eigenvalue weighted by molar-refractivity contribution is 5.51. The van der Waals surface area contributed by atoms with Gasteiger partial charge in [0.1, 0.15) is 18.2 Å². The number of ether oxygens (including phenoxy) is 2. The van der Waals surface area contributed by atoms with E-state index in [-0.39, 0.29) is 5.82 Å². The number of hydrogen-bond acceptors (Lipinski definition) is 5. The van der Waals surface area contributed by atoms with E-state index < -0.39 is 0 Å². The van der Waals surface area contributed by atoms with Gasteiger partial charge in [0.25, 0.3) is 0 Å². The average Bonchev–Trinajstić information content (AvgIpc) is 2.54. The summed E-state index contributed by atoms with van der Waals surface area (Å²) < 4.78 is 24.6. The third-order valence-electron chi connectivity index (χ3n) is 3.87. The maximum absolute atomic E-state index is 14.3. The van der Waals surface area contributed by atoms with E-state index in [4.69, 9.17) is 9.47 Å². The minimum atomic E-state index is -0.224. The van der Waals surface area contributed by atoms with Crippen LogP contribution in [0.5, 0.6) is 5.75 Å². The van der Waals surface area contributed by atoms with E-state index >= 15 is 0 Å². The van der Waals surface area contributed by atoms with Crippen molar-refractivity contribution in [1.29, 1.82) is 0 Å². The minimum absolute atomic E-state index is 0.224. The van der Waals surface area contributed by atoms with Crippen LogP contribution < -0.4 is 15.0 Å². The van der Waals surface area contributed by atoms with E-state index in [1.165, 1.54) is 6.07 Å². The van der Waals surface area contributed by atoms with Gasteiger partial charge in [-0.1, -0.05) is 0 Å². The fourth-order valence-electron chi connectivity index (χ4n) is 2.56. The van der Waals surface area contributed by atoms with Crippen molar-refractivity contribution < 1.29 is 13.9 Å². The summed E-state index contributed by atoms with van der Waals surface area (Å²) in [5.74, 6) is 0.324. The Morgan fingerprint density at radius 2 is 1.95 bits per heavy atom. The molecule has 0 radical (unpaired) electrons. The summed E-state index contributed by atoms with van der Waals surface area (Å²) in [7, 11) is 3.57. The molecule has 0 unspecified atom stereocenters. The SMILES string of the molecule is CNCCN1CCN(c2ccc(OCCOC)cc2F)CC1. The second kappa shape index (κ2) is 8.92. The largest absolute Gasteiger partial charge is 0.491 e. The molecule has 1 aliphatic rings. The van der Waals surface area contributed by atoms with Gasteiger partial charge >= 0.3 is 0 Å². The lowest BCUT2D eigenvalue weighted by Gasteiger charge is -2.36. The zero-order chi connectivity index (χ0) is 15.8. The zero-order valence-electron chi connectivity index (χ0n) is 13.5. The van der Waals surface area contributed by atoms with Gasteiger partial charge in [-0.3, -0.25) is 4.90 Å². The zero-order valence-corrected chi connectivity index (χ0v) is 13.5. The van der Waals surface area contributed by atoms with E-state index in [1.54, 1.807) is 13.2 Å². The Hall–Kier alpha value is -1.37. The van der Waals surface area contributed by atoms with Crippen molar-refractivity contribution in [2.75, 3.05) is 71.5 Å². The van der Waals surface area contributed by atoms with E-state index in [0.717, 1.165) is 39.3 Å². The fourth-order valence-corrected chi connectivity index (χ4v) is 2.56. The molecule has 1 heterocycles. The summed E-state index contributed by atoms with van der Waals surface area (Å²) in [4.78, 5) is 4.50. The van der Waals surface area contributed by atoms with E-state index in [2.05, 4.69) is 15.1 Å². The van der Waals surface area contributed by atoms with Crippen LogP contribution in [-0.4, -0.2) is 71.5 Å². The first-order chi connectivity index (χ1) is 10.7. The normalized spacial score (nSPS) is 16.0. The summed E-state index contributed by atoms with van der Waals surface area (Å²) in [5, 5.41) is 3.16. The monoisotopic (exact) mass is 311 g/mol. The Morgan fingerprint density at radius 3 is 2.59 bits per heavy atom. The number of piperazine rings is 1. The summed E-state index contributed by atoms with van der Waals surface area (Å²) in [6.07, 6.45) is 0. The fraction of sp³-hybridized carbons (Fsp3) is 0.625. The second-order valence-electron chi connectivity index (χ2n) is 5.39. The quantitative estimate of drug-likeness (QED) is 0.730. The number of methoxy groups -OCH3 is 1. The molecule has 1 N–H and O–H groups in total. The maximum atomic E-state index is 14.3. The molecule has 1 saturated heterocycles. The highest BCUT2D eigenvalue weighted by Gasteiger charge is 2.19. The number of rotatable bonds is 8. The van der Waals surface area contributed by atoms with Crippen molar-refractivity contribution in [3.63, 3.8) is 0 Å². The molecule has 0 saturated carbocycles. The molecule has 1 fully saturated rings. The molecule has 22 heavy (non-hydrogen) atoms. The number of nitrogens with zero attached hydrogens (tertiary/aromatic N) is 2. The second-order valence-corrected chi connectivity index (χ2v) is 5.39. The Kier molecular flexibility index (Phi) is 6.89. The molecule has 0 aliphatic carbocycles. The van der Waals surface area contributed by atoms with Gasteiger partial charge in [0.15, 0.2) is 0 Å². The average molecular weight is 311 g/mol. The van der Waals surface area contributed by atoms with Crippen LogP contribution in [-0.2, 0) is 4.74 Å². The molecule has 0 spiro atoms. The topological polar surface area (TPSA) is 37.0 Å². The highest BCUT2D eigenvalue weighted by atomic mass is 19.1. The van der Waals surface area contributed by atoms with Gasteiger partial charge in [0.05, 0.1) is 12.3 Å². The van der Waals surface area contributed by atoms with Gasteiger partial charge in [-0.05, 0) is 19.2 Å². The van der Waals surface area contributed by atoms with Crippen LogP contribution in [0.3, 0.4) is 0 Å². The third kappa shape index (κ3) is 4.83. The lowest BCUT2D eigenvalue weighted by molar-refractivity contribution is 0.146. The van der Waals surface area contributed by atoms with Crippen LogP contribution in [0.15, 0.2) is 18.2 Å². The van der Waals surface area contributed by atoms with Crippen LogP contribution >= 0.6 is 0 Å².